The van der Waals surface area contributed by atoms with Crippen molar-refractivity contribution in [2.45, 2.75) is 5.16 Å². The number of hydrogen-bond donors (Lipinski definition) is 3. The maximum atomic E-state index is 13.7. The maximum Gasteiger partial charge on any atom is 0.266 e. The van der Waals surface area contributed by atoms with E-state index >= 15 is 0 Å². The van der Waals surface area contributed by atoms with Crippen LogP contribution in [0.4, 0.5) is 0 Å². The van der Waals surface area contributed by atoms with Gasteiger partial charge in [-0.3, -0.25) is 35.1 Å². The van der Waals surface area contributed by atoms with E-state index in [-0.39, 0.29) is 21.6 Å². The Hall–Kier alpha value is -4.62. The highest BCUT2D eigenvalue weighted by Crippen LogP contribution is 2.31. The highest BCUT2D eigenvalue weighted by atomic mass is 32.2. The lowest BCUT2D eigenvalue weighted by atomic mass is 10.2. The quantitative estimate of drug-likeness (QED) is 0.124. The van der Waals surface area contributed by atoms with Gasteiger partial charge in [0.05, 0.1) is 43.7 Å². The lowest BCUT2D eigenvalue weighted by molar-refractivity contribution is -0.119. The zero-order valence-corrected chi connectivity index (χ0v) is 23.4. The van der Waals surface area contributed by atoms with Crippen molar-refractivity contribution in [1.82, 2.24) is 25.7 Å². The zero-order valence-electron chi connectivity index (χ0n) is 21.7. The molecule has 2 amide bonds. The number of hydrazine groups is 1. The van der Waals surface area contributed by atoms with Crippen molar-refractivity contribution in [3.05, 3.63) is 82.6 Å². The van der Waals surface area contributed by atoms with Crippen molar-refractivity contribution in [3.8, 4) is 22.9 Å². The summed E-state index contributed by atoms with van der Waals surface area (Å²) in [6, 6.07) is 18.6. The zero-order chi connectivity index (χ0) is 28.6. The molecule has 3 aromatic carbocycles. The Balaban J connectivity index is 1.54. The molecule has 4 rings (SSSR count). The first-order chi connectivity index (χ1) is 19.3. The molecule has 40 heavy (non-hydrogen) atoms. The summed E-state index contributed by atoms with van der Waals surface area (Å²) in [5.74, 6) is 0.405. The van der Waals surface area contributed by atoms with Crippen LogP contribution in [0.25, 0.3) is 16.6 Å². The fraction of sp³-hybridized carbons (Fsp3) is 0.148. The minimum atomic E-state index is -0.468. The summed E-state index contributed by atoms with van der Waals surface area (Å²) < 4.78 is 17.4. The number of amides is 2. The van der Waals surface area contributed by atoms with E-state index in [1.54, 1.807) is 73.8 Å². The Morgan fingerprint density at radius 2 is 1.60 bits per heavy atom. The van der Waals surface area contributed by atoms with Crippen LogP contribution in [-0.4, -0.2) is 53.6 Å². The Bertz CT molecular complexity index is 1610. The number of rotatable bonds is 8. The third-order valence-electron chi connectivity index (χ3n) is 5.58. The number of carbonyl (C=O) groups excluding carboxylic acids is 2. The number of thiocarbonyl (C=S) groups is 1. The first-order valence-electron chi connectivity index (χ1n) is 11.8. The molecule has 11 nitrogen and oxygen atoms in total. The average Bonchev–Trinajstić information content (AvgIpc) is 2.99. The first-order valence-corrected chi connectivity index (χ1v) is 13.1. The molecule has 0 fully saturated rings. The van der Waals surface area contributed by atoms with Crippen LogP contribution >= 0.6 is 24.0 Å². The molecule has 0 aliphatic heterocycles. The van der Waals surface area contributed by atoms with Gasteiger partial charge in [0.1, 0.15) is 5.75 Å². The summed E-state index contributed by atoms with van der Waals surface area (Å²) in [7, 11) is 4.52. The van der Waals surface area contributed by atoms with Crippen LogP contribution < -0.4 is 35.9 Å². The van der Waals surface area contributed by atoms with Gasteiger partial charge in [-0.15, -0.1) is 0 Å². The van der Waals surface area contributed by atoms with Crippen LogP contribution in [-0.2, 0) is 4.79 Å². The Morgan fingerprint density at radius 1 is 0.925 bits per heavy atom. The molecule has 0 saturated carbocycles. The topological polar surface area (TPSA) is 133 Å². The van der Waals surface area contributed by atoms with Gasteiger partial charge in [0.15, 0.2) is 21.8 Å². The van der Waals surface area contributed by atoms with E-state index in [4.69, 9.17) is 26.4 Å². The molecule has 0 saturated heterocycles. The molecule has 206 valence electrons. The first kappa shape index (κ1) is 28.4. The summed E-state index contributed by atoms with van der Waals surface area (Å²) in [6.07, 6.45) is 0. The summed E-state index contributed by atoms with van der Waals surface area (Å²) in [5, 5.41) is 2.98. The van der Waals surface area contributed by atoms with Crippen molar-refractivity contribution in [1.29, 1.82) is 0 Å². The Morgan fingerprint density at radius 3 is 2.25 bits per heavy atom. The van der Waals surface area contributed by atoms with Crippen molar-refractivity contribution in [2.75, 3.05) is 27.1 Å². The second-order valence-corrected chi connectivity index (χ2v) is 9.42. The molecule has 0 radical (unpaired) electrons. The fourth-order valence-electron chi connectivity index (χ4n) is 3.64. The van der Waals surface area contributed by atoms with Gasteiger partial charge in [-0.25, -0.2) is 4.98 Å². The number of aromatic nitrogens is 2. The Kier molecular flexibility index (Phi) is 9.19. The third-order valence-corrected chi connectivity index (χ3v) is 6.73. The molecule has 1 heterocycles. The monoisotopic (exact) mass is 579 g/mol. The number of nitrogens with zero attached hydrogens (tertiary/aromatic N) is 2. The second kappa shape index (κ2) is 13.0. The maximum absolute atomic E-state index is 13.7. The van der Waals surface area contributed by atoms with Gasteiger partial charge in [0.25, 0.3) is 11.5 Å². The predicted molar refractivity (Wildman–Crippen MR) is 156 cm³/mol. The minimum Gasteiger partial charge on any atom is -0.497 e. The van der Waals surface area contributed by atoms with E-state index in [0.717, 1.165) is 11.8 Å². The molecule has 0 bridgehead atoms. The molecule has 1 aromatic heterocycles. The van der Waals surface area contributed by atoms with E-state index in [1.165, 1.54) is 18.8 Å². The van der Waals surface area contributed by atoms with Gasteiger partial charge in [-0.2, -0.15) is 0 Å². The van der Waals surface area contributed by atoms with E-state index in [2.05, 4.69) is 21.2 Å². The van der Waals surface area contributed by atoms with Crippen molar-refractivity contribution >= 4 is 51.8 Å². The number of ether oxygens (including phenoxy) is 3. The molecule has 0 spiro atoms. The van der Waals surface area contributed by atoms with Crippen LogP contribution in [0.2, 0.25) is 0 Å². The number of benzene rings is 3. The summed E-state index contributed by atoms with van der Waals surface area (Å²) in [4.78, 5) is 43.2. The number of methoxy groups -OCH3 is 3. The van der Waals surface area contributed by atoms with Crippen LogP contribution in [0.3, 0.4) is 0 Å². The SMILES string of the molecule is COc1ccc(-n2c(SCC(=O)NNC(=S)NC(=O)c3ccccc3)nc3cc(OC)c(OC)cc3c2=O)cc1. The van der Waals surface area contributed by atoms with Gasteiger partial charge in [0, 0.05) is 11.6 Å². The molecule has 4 aromatic rings. The fourth-order valence-corrected chi connectivity index (χ4v) is 4.59. The second-order valence-electron chi connectivity index (χ2n) is 8.07. The molecule has 0 unspecified atom stereocenters. The average molecular weight is 580 g/mol. The number of hydrogen-bond acceptors (Lipinski definition) is 9. The summed E-state index contributed by atoms with van der Waals surface area (Å²) in [5.41, 5.74) is 5.90. The van der Waals surface area contributed by atoms with E-state index in [0.29, 0.717) is 39.4 Å². The highest BCUT2D eigenvalue weighted by Gasteiger charge is 2.18. The van der Waals surface area contributed by atoms with Gasteiger partial charge < -0.3 is 14.2 Å². The lowest BCUT2D eigenvalue weighted by Crippen LogP contribution is -2.49. The smallest absolute Gasteiger partial charge is 0.266 e. The molecule has 13 heteroatoms. The standard InChI is InChI=1S/C27H25N5O6S2/c1-36-18-11-9-17(10-12-18)32-25(35)19-13-21(37-2)22(38-3)14-20(19)28-27(32)40-15-23(33)30-31-26(39)29-24(34)16-7-5-4-6-8-16/h4-14H,15H2,1-3H3,(H,30,33)(H2,29,31,34,39). The Labute approximate surface area is 238 Å². The largest absolute Gasteiger partial charge is 0.497 e. The number of nitrogens with one attached hydrogen (secondary N) is 3. The van der Waals surface area contributed by atoms with Gasteiger partial charge in [0.2, 0.25) is 5.91 Å². The van der Waals surface area contributed by atoms with Gasteiger partial charge in [-0.05, 0) is 54.7 Å². The molecular weight excluding hydrogens is 554 g/mol. The molecular formula is C27H25N5O6S2. The van der Waals surface area contributed by atoms with E-state index in [9.17, 15) is 14.4 Å². The minimum absolute atomic E-state index is 0.0767. The molecule has 0 aliphatic rings. The molecule has 0 aliphatic carbocycles. The summed E-state index contributed by atoms with van der Waals surface area (Å²) >= 11 is 6.13. The van der Waals surface area contributed by atoms with Gasteiger partial charge in [-0.1, -0.05) is 30.0 Å². The summed E-state index contributed by atoms with van der Waals surface area (Å²) in [6.45, 7) is 0. The van der Waals surface area contributed by atoms with Crippen molar-refractivity contribution in [2.24, 2.45) is 0 Å². The van der Waals surface area contributed by atoms with Crippen LogP contribution in [0.5, 0.6) is 17.2 Å². The van der Waals surface area contributed by atoms with Crippen LogP contribution in [0.15, 0.2) is 76.7 Å². The van der Waals surface area contributed by atoms with Crippen LogP contribution in [0, 0.1) is 0 Å². The molecule has 3 N–H and O–H groups in total. The highest BCUT2D eigenvalue weighted by molar-refractivity contribution is 7.99. The van der Waals surface area contributed by atoms with Gasteiger partial charge >= 0.3 is 0 Å². The number of carbonyl (C=O) groups is 2. The van der Waals surface area contributed by atoms with Crippen LogP contribution in [0.1, 0.15) is 10.4 Å². The van der Waals surface area contributed by atoms with E-state index in [1.807, 2.05) is 0 Å². The number of thioether (sulfide) groups is 1. The predicted octanol–water partition coefficient (Wildman–Crippen LogP) is 2.84. The van der Waals surface area contributed by atoms with E-state index < -0.39 is 11.8 Å². The van der Waals surface area contributed by atoms with Crippen molar-refractivity contribution < 1.29 is 23.8 Å². The van der Waals surface area contributed by atoms with Crippen molar-refractivity contribution in [3.63, 3.8) is 0 Å². The number of fused-ring (bicyclic) bond motifs is 1. The lowest BCUT2D eigenvalue weighted by Gasteiger charge is -2.15. The third kappa shape index (κ3) is 6.50. The normalized spacial score (nSPS) is 10.5. The molecule has 0 atom stereocenters.